The normalized spacial score (nSPS) is 20.5. The number of hydrogen-bond donors (Lipinski definition) is 2. The molecule has 29 heavy (non-hydrogen) atoms. The lowest BCUT2D eigenvalue weighted by Gasteiger charge is -2.43. The second kappa shape index (κ2) is 9.76. The van der Waals surface area contributed by atoms with Crippen LogP contribution in [0.5, 0.6) is 0 Å². The average Bonchev–Trinajstić information content (AvgIpc) is 3.16. The van der Waals surface area contributed by atoms with Crippen molar-refractivity contribution in [3.8, 4) is 0 Å². The molecule has 0 radical (unpaired) electrons. The van der Waals surface area contributed by atoms with Crippen molar-refractivity contribution >= 4 is 27.3 Å². The minimum Gasteiger partial charge on any atom is -0.379 e. The number of nitrogens with one attached hydrogen (secondary N) is 2. The molecule has 1 saturated carbocycles. The standard InChI is InChI=1S/C20H34N4O3S2/c1-16(2)13-20(7-4-8-20)15-23-19(21-3)22-14-17-5-6-18(28-17)29(25,26)24-9-11-27-12-10-24/h5-6,16H,4,7-15H2,1-3H3,(H2,21,22,23). The maximum atomic E-state index is 12.8. The number of thiophene rings is 1. The van der Waals surface area contributed by atoms with E-state index >= 15 is 0 Å². The van der Waals surface area contributed by atoms with E-state index < -0.39 is 10.0 Å². The van der Waals surface area contributed by atoms with Crippen LogP contribution in [-0.2, 0) is 21.3 Å². The number of ether oxygens (including phenoxy) is 1. The number of nitrogens with zero attached hydrogens (tertiary/aromatic N) is 2. The molecule has 0 atom stereocenters. The van der Waals surface area contributed by atoms with E-state index in [1.165, 1.54) is 41.3 Å². The van der Waals surface area contributed by atoms with Crippen LogP contribution in [0.2, 0.25) is 0 Å². The molecule has 2 N–H and O–H groups in total. The highest BCUT2D eigenvalue weighted by molar-refractivity contribution is 7.91. The predicted molar refractivity (Wildman–Crippen MR) is 118 cm³/mol. The second-order valence-corrected chi connectivity index (χ2v) is 11.8. The van der Waals surface area contributed by atoms with Gasteiger partial charge in [0.1, 0.15) is 4.21 Å². The van der Waals surface area contributed by atoms with Crippen molar-refractivity contribution < 1.29 is 13.2 Å². The fraction of sp³-hybridized carbons (Fsp3) is 0.750. The molecular formula is C20H34N4O3S2. The average molecular weight is 443 g/mol. The predicted octanol–water partition coefficient (Wildman–Crippen LogP) is 2.65. The molecule has 2 heterocycles. The van der Waals surface area contributed by atoms with Crippen molar-refractivity contribution in [3.05, 3.63) is 17.0 Å². The van der Waals surface area contributed by atoms with Gasteiger partial charge in [-0.2, -0.15) is 4.31 Å². The van der Waals surface area contributed by atoms with Crippen molar-refractivity contribution in [1.82, 2.24) is 14.9 Å². The van der Waals surface area contributed by atoms with E-state index in [4.69, 9.17) is 4.74 Å². The number of rotatable bonds is 8. The third-order valence-corrected chi connectivity index (χ3v) is 9.19. The maximum Gasteiger partial charge on any atom is 0.252 e. The molecule has 1 aromatic heterocycles. The van der Waals surface area contributed by atoms with Gasteiger partial charge in [0.15, 0.2) is 5.96 Å². The first-order valence-electron chi connectivity index (χ1n) is 10.5. The highest BCUT2D eigenvalue weighted by Crippen LogP contribution is 2.45. The summed E-state index contributed by atoms with van der Waals surface area (Å²) in [5, 5.41) is 6.80. The summed E-state index contributed by atoms with van der Waals surface area (Å²) in [6.07, 6.45) is 5.12. The van der Waals surface area contributed by atoms with Crippen LogP contribution < -0.4 is 10.6 Å². The summed E-state index contributed by atoms with van der Waals surface area (Å²) in [6.45, 7) is 7.81. The zero-order valence-electron chi connectivity index (χ0n) is 17.7. The second-order valence-electron chi connectivity index (χ2n) is 8.47. The van der Waals surface area contributed by atoms with E-state index in [9.17, 15) is 8.42 Å². The first-order valence-corrected chi connectivity index (χ1v) is 12.7. The van der Waals surface area contributed by atoms with E-state index in [0.29, 0.717) is 48.4 Å². The number of guanidine groups is 1. The lowest BCUT2D eigenvalue weighted by atomic mass is 9.64. The van der Waals surface area contributed by atoms with Gasteiger partial charge in [-0.1, -0.05) is 20.3 Å². The Bertz CT molecular complexity index is 794. The van der Waals surface area contributed by atoms with Gasteiger partial charge in [0.2, 0.25) is 0 Å². The van der Waals surface area contributed by atoms with Gasteiger partial charge in [-0.25, -0.2) is 8.42 Å². The molecule has 0 aromatic carbocycles. The Morgan fingerprint density at radius 1 is 1.28 bits per heavy atom. The fourth-order valence-electron chi connectivity index (χ4n) is 4.16. The van der Waals surface area contributed by atoms with Crippen molar-refractivity contribution in [3.63, 3.8) is 0 Å². The SMILES string of the molecule is CN=C(NCc1ccc(S(=O)(=O)N2CCOCC2)s1)NCC1(CC(C)C)CCC1. The highest BCUT2D eigenvalue weighted by Gasteiger charge is 2.37. The van der Waals surface area contributed by atoms with Crippen LogP contribution in [0.25, 0.3) is 0 Å². The Morgan fingerprint density at radius 2 is 2.00 bits per heavy atom. The van der Waals surface area contributed by atoms with Gasteiger partial charge in [0, 0.05) is 31.6 Å². The van der Waals surface area contributed by atoms with Crippen molar-refractivity contribution in [2.75, 3.05) is 39.9 Å². The first kappa shape index (κ1) is 22.5. The molecule has 1 aromatic rings. The number of sulfonamides is 1. The van der Waals surface area contributed by atoms with E-state index in [0.717, 1.165) is 17.4 Å². The highest BCUT2D eigenvalue weighted by atomic mass is 32.2. The lowest BCUT2D eigenvalue weighted by molar-refractivity contribution is 0.0731. The molecule has 0 bridgehead atoms. The Kier molecular flexibility index (Phi) is 7.58. The Hall–Kier alpha value is -1.16. The molecule has 2 fully saturated rings. The van der Waals surface area contributed by atoms with Crippen LogP contribution in [0.3, 0.4) is 0 Å². The zero-order chi connectivity index (χ0) is 20.9. The van der Waals surface area contributed by atoms with Gasteiger partial charge in [-0.15, -0.1) is 11.3 Å². The number of aliphatic imine (C=N–C) groups is 1. The summed E-state index contributed by atoms with van der Waals surface area (Å²) in [5.41, 5.74) is 0.397. The quantitative estimate of drug-likeness (QED) is 0.478. The van der Waals surface area contributed by atoms with Gasteiger partial charge >= 0.3 is 0 Å². The zero-order valence-corrected chi connectivity index (χ0v) is 19.4. The van der Waals surface area contributed by atoms with Gasteiger partial charge < -0.3 is 15.4 Å². The van der Waals surface area contributed by atoms with E-state index in [2.05, 4.69) is 29.5 Å². The molecular weight excluding hydrogens is 408 g/mol. The lowest BCUT2D eigenvalue weighted by Crippen LogP contribution is -2.46. The van der Waals surface area contributed by atoms with Crippen molar-refractivity contribution in [1.29, 1.82) is 0 Å². The topological polar surface area (TPSA) is 83.0 Å². The Balaban J connectivity index is 1.53. The largest absolute Gasteiger partial charge is 0.379 e. The van der Waals surface area contributed by atoms with Gasteiger partial charge in [-0.3, -0.25) is 4.99 Å². The molecule has 3 rings (SSSR count). The summed E-state index contributed by atoms with van der Waals surface area (Å²) in [7, 11) is -1.65. The molecule has 9 heteroatoms. The van der Waals surface area contributed by atoms with Crippen LogP contribution in [0.15, 0.2) is 21.3 Å². The molecule has 0 unspecified atom stereocenters. The minimum absolute atomic E-state index is 0.393. The number of hydrogen-bond acceptors (Lipinski definition) is 5. The van der Waals surface area contributed by atoms with Gasteiger partial charge in [0.05, 0.1) is 19.8 Å². The van der Waals surface area contributed by atoms with Gasteiger partial charge in [0.25, 0.3) is 10.0 Å². The monoisotopic (exact) mass is 442 g/mol. The summed E-state index contributed by atoms with van der Waals surface area (Å²) < 4.78 is 32.7. The van der Waals surface area contributed by atoms with Crippen LogP contribution >= 0.6 is 11.3 Å². The molecule has 7 nitrogen and oxygen atoms in total. The molecule has 1 aliphatic heterocycles. The van der Waals surface area contributed by atoms with Crippen molar-refractivity contribution in [2.24, 2.45) is 16.3 Å². The van der Waals surface area contributed by atoms with Crippen LogP contribution in [0.4, 0.5) is 0 Å². The summed E-state index contributed by atoms with van der Waals surface area (Å²) in [4.78, 5) is 5.30. The third kappa shape index (κ3) is 5.71. The summed E-state index contributed by atoms with van der Waals surface area (Å²) in [6, 6.07) is 3.58. The molecule has 0 spiro atoms. The Morgan fingerprint density at radius 3 is 2.59 bits per heavy atom. The molecule has 1 aliphatic carbocycles. The van der Waals surface area contributed by atoms with Gasteiger partial charge in [-0.05, 0) is 42.7 Å². The van der Waals surface area contributed by atoms with Crippen LogP contribution in [0.1, 0.15) is 44.4 Å². The summed E-state index contributed by atoms with van der Waals surface area (Å²) >= 11 is 1.32. The van der Waals surface area contributed by atoms with Crippen molar-refractivity contribution in [2.45, 2.75) is 50.3 Å². The molecule has 0 amide bonds. The Labute approximate surface area is 179 Å². The number of morpholine rings is 1. The van der Waals surface area contributed by atoms with E-state index in [1.54, 1.807) is 13.1 Å². The third-order valence-electron chi connectivity index (χ3n) is 5.74. The van der Waals surface area contributed by atoms with Crippen LogP contribution in [-0.4, -0.2) is 58.6 Å². The minimum atomic E-state index is -3.42. The first-order chi connectivity index (χ1) is 13.8. The summed E-state index contributed by atoms with van der Waals surface area (Å²) in [5.74, 6) is 1.47. The molecule has 1 saturated heterocycles. The maximum absolute atomic E-state index is 12.8. The molecule has 164 valence electrons. The fourth-order valence-corrected chi connectivity index (χ4v) is 7.02. The van der Waals surface area contributed by atoms with E-state index in [-0.39, 0.29) is 0 Å². The smallest absolute Gasteiger partial charge is 0.252 e. The van der Waals surface area contributed by atoms with E-state index in [1.807, 2.05) is 6.07 Å². The van der Waals surface area contributed by atoms with Crippen LogP contribution in [0, 0.1) is 11.3 Å². The molecule has 2 aliphatic rings.